The Morgan fingerprint density at radius 3 is 2.80 bits per heavy atom. The Labute approximate surface area is 175 Å². The van der Waals surface area contributed by atoms with Crippen molar-refractivity contribution in [3.63, 3.8) is 0 Å². The predicted octanol–water partition coefficient (Wildman–Crippen LogP) is 4.54. The maximum absolute atomic E-state index is 13.6. The molecule has 1 aromatic carbocycles. The average Bonchev–Trinajstić information content (AvgIpc) is 2.79. The molecule has 0 radical (unpaired) electrons. The third-order valence-corrected chi connectivity index (χ3v) is 5.26. The summed E-state index contributed by atoms with van der Waals surface area (Å²) in [4.78, 5) is 27.7. The Balaban J connectivity index is 1.69. The van der Waals surface area contributed by atoms with Gasteiger partial charge in [0.1, 0.15) is 17.5 Å². The molecule has 154 valence electrons. The van der Waals surface area contributed by atoms with Crippen LogP contribution in [0.1, 0.15) is 37.9 Å². The summed E-state index contributed by atoms with van der Waals surface area (Å²) in [6, 6.07) is 11.9. The first kappa shape index (κ1) is 19.9. The van der Waals surface area contributed by atoms with Crippen LogP contribution in [0.4, 0.5) is 15.9 Å². The average molecular weight is 405 g/mol. The topological polar surface area (TPSA) is 71.0 Å². The van der Waals surface area contributed by atoms with Gasteiger partial charge in [0.2, 0.25) is 5.91 Å². The Morgan fingerprint density at radius 1 is 1.20 bits per heavy atom. The van der Waals surface area contributed by atoms with Gasteiger partial charge in [0.25, 0.3) is 0 Å². The number of carbonyl (C=O) groups excluding carboxylic acids is 1. The summed E-state index contributed by atoms with van der Waals surface area (Å²) < 4.78 is 13.6. The Morgan fingerprint density at radius 2 is 2.03 bits per heavy atom. The summed E-state index contributed by atoms with van der Waals surface area (Å²) >= 11 is 0. The number of benzene rings is 1. The summed E-state index contributed by atoms with van der Waals surface area (Å²) in [5.74, 6) is 1.19. The minimum atomic E-state index is -0.315. The van der Waals surface area contributed by atoms with E-state index in [1.165, 1.54) is 12.1 Å². The van der Waals surface area contributed by atoms with Crippen LogP contribution in [-0.2, 0) is 4.79 Å². The first-order chi connectivity index (χ1) is 14.6. The SMILES string of the molecule is CCC(=O)N1CCC[C@@H](c2nc(Nc3cccc(F)c3)cc(-c3ccncc3)n2)C1. The van der Waals surface area contributed by atoms with E-state index in [4.69, 9.17) is 9.97 Å². The number of pyridine rings is 1. The standard InChI is InChI=1S/C23H24FN5O/c1-2-22(30)29-12-4-5-17(15-29)23-27-20(16-8-10-25-11-9-16)14-21(28-23)26-19-7-3-6-18(24)13-19/h3,6-11,13-14,17H,2,4-5,12,15H2,1H3,(H,26,27,28)/t17-/m1/s1. The summed E-state index contributed by atoms with van der Waals surface area (Å²) in [7, 11) is 0. The lowest BCUT2D eigenvalue weighted by Crippen LogP contribution is -2.39. The van der Waals surface area contributed by atoms with E-state index in [1.807, 2.05) is 30.0 Å². The van der Waals surface area contributed by atoms with Gasteiger partial charge in [-0.2, -0.15) is 0 Å². The number of rotatable bonds is 5. The molecule has 0 spiro atoms. The quantitative estimate of drug-likeness (QED) is 0.675. The van der Waals surface area contributed by atoms with E-state index >= 15 is 0 Å². The van der Waals surface area contributed by atoms with E-state index in [0.717, 1.165) is 30.6 Å². The van der Waals surface area contributed by atoms with Crippen LogP contribution in [0.15, 0.2) is 54.9 Å². The minimum Gasteiger partial charge on any atom is -0.342 e. The lowest BCUT2D eigenvalue weighted by Gasteiger charge is -2.32. The van der Waals surface area contributed by atoms with Gasteiger partial charge in [-0.15, -0.1) is 0 Å². The van der Waals surface area contributed by atoms with Crippen LogP contribution >= 0.6 is 0 Å². The number of likely N-dealkylation sites (tertiary alicyclic amines) is 1. The molecule has 0 aliphatic carbocycles. The molecule has 1 aliphatic heterocycles. The van der Waals surface area contributed by atoms with Gasteiger partial charge in [0.15, 0.2) is 0 Å². The van der Waals surface area contributed by atoms with Crippen molar-refractivity contribution in [1.82, 2.24) is 19.9 Å². The fraction of sp³-hybridized carbons (Fsp3) is 0.304. The second-order valence-electron chi connectivity index (χ2n) is 7.40. The van der Waals surface area contributed by atoms with E-state index in [-0.39, 0.29) is 17.6 Å². The number of hydrogen-bond acceptors (Lipinski definition) is 5. The minimum absolute atomic E-state index is 0.0593. The number of hydrogen-bond donors (Lipinski definition) is 1. The second kappa shape index (κ2) is 8.98. The summed E-state index contributed by atoms with van der Waals surface area (Å²) in [6.07, 6.45) is 5.79. The molecule has 1 amide bonds. The van der Waals surface area contributed by atoms with E-state index in [0.29, 0.717) is 30.3 Å². The monoisotopic (exact) mass is 405 g/mol. The fourth-order valence-electron chi connectivity index (χ4n) is 3.74. The molecule has 7 heteroatoms. The van der Waals surface area contributed by atoms with E-state index < -0.39 is 0 Å². The molecule has 1 saturated heterocycles. The predicted molar refractivity (Wildman–Crippen MR) is 114 cm³/mol. The van der Waals surface area contributed by atoms with Crippen molar-refractivity contribution in [3.05, 3.63) is 66.5 Å². The van der Waals surface area contributed by atoms with Crippen LogP contribution in [-0.4, -0.2) is 38.8 Å². The van der Waals surface area contributed by atoms with Crippen LogP contribution in [0.3, 0.4) is 0 Å². The van der Waals surface area contributed by atoms with Crippen LogP contribution in [0, 0.1) is 5.82 Å². The van der Waals surface area contributed by atoms with Crippen molar-refractivity contribution >= 4 is 17.4 Å². The fourth-order valence-corrected chi connectivity index (χ4v) is 3.74. The molecule has 1 aliphatic rings. The Kier molecular flexibility index (Phi) is 5.97. The molecule has 4 rings (SSSR count). The maximum Gasteiger partial charge on any atom is 0.222 e. The van der Waals surface area contributed by atoms with E-state index in [2.05, 4.69) is 10.3 Å². The third kappa shape index (κ3) is 4.62. The lowest BCUT2D eigenvalue weighted by atomic mass is 9.96. The largest absolute Gasteiger partial charge is 0.342 e. The summed E-state index contributed by atoms with van der Waals surface area (Å²) in [6.45, 7) is 3.28. The highest BCUT2D eigenvalue weighted by molar-refractivity contribution is 5.76. The molecule has 30 heavy (non-hydrogen) atoms. The number of halogens is 1. The van der Waals surface area contributed by atoms with Gasteiger partial charge in [-0.25, -0.2) is 14.4 Å². The molecule has 0 unspecified atom stereocenters. The zero-order valence-corrected chi connectivity index (χ0v) is 16.9. The van der Waals surface area contributed by atoms with Crippen molar-refractivity contribution in [3.8, 4) is 11.3 Å². The zero-order valence-electron chi connectivity index (χ0n) is 16.9. The molecule has 6 nitrogen and oxygen atoms in total. The smallest absolute Gasteiger partial charge is 0.222 e. The van der Waals surface area contributed by atoms with Gasteiger partial charge < -0.3 is 10.2 Å². The molecule has 0 bridgehead atoms. The van der Waals surface area contributed by atoms with Crippen LogP contribution < -0.4 is 5.32 Å². The van der Waals surface area contributed by atoms with E-state index in [1.54, 1.807) is 24.5 Å². The van der Waals surface area contributed by atoms with Gasteiger partial charge in [0.05, 0.1) is 5.69 Å². The van der Waals surface area contributed by atoms with Crippen molar-refractivity contribution in [2.24, 2.45) is 0 Å². The van der Waals surface area contributed by atoms with Gasteiger partial charge in [0, 0.05) is 55.1 Å². The Bertz CT molecular complexity index is 1030. The molecular formula is C23H24FN5O. The van der Waals surface area contributed by atoms with Gasteiger partial charge in [-0.1, -0.05) is 13.0 Å². The number of nitrogens with one attached hydrogen (secondary N) is 1. The van der Waals surface area contributed by atoms with Crippen molar-refractivity contribution in [2.75, 3.05) is 18.4 Å². The molecule has 1 atom stereocenters. The van der Waals surface area contributed by atoms with Crippen molar-refractivity contribution in [2.45, 2.75) is 32.1 Å². The molecule has 3 aromatic rings. The van der Waals surface area contributed by atoms with Gasteiger partial charge in [-0.05, 0) is 43.2 Å². The highest BCUT2D eigenvalue weighted by Crippen LogP contribution is 2.29. The van der Waals surface area contributed by atoms with E-state index in [9.17, 15) is 9.18 Å². The van der Waals surface area contributed by atoms with Crippen molar-refractivity contribution < 1.29 is 9.18 Å². The first-order valence-electron chi connectivity index (χ1n) is 10.2. The highest BCUT2D eigenvalue weighted by Gasteiger charge is 2.26. The molecule has 3 heterocycles. The van der Waals surface area contributed by atoms with Crippen LogP contribution in [0.25, 0.3) is 11.3 Å². The maximum atomic E-state index is 13.6. The number of piperidine rings is 1. The highest BCUT2D eigenvalue weighted by atomic mass is 19.1. The zero-order chi connectivity index (χ0) is 20.9. The first-order valence-corrected chi connectivity index (χ1v) is 10.2. The number of carbonyl (C=O) groups is 1. The normalized spacial score (nSPS) is 16.3. The number of anilines is 2. The molecule has 2 aromatic heterocycles. The molecule has 1 fully saturated rings. The second-order valence-corrected chi connectivity index (χ2v) is 7.40. The van der Waals surface area contributed by atoms with Crippen LogP contribution in [0.2, 0.25) is 0 Å². The Hall–Kier alpha value is -3.35. The molecule has 0 saturated carbocycles. The van der Waals surface area contributed by atoms with Crippen LogP contribution in [0.5, 0.6) is 0 Å². The van der Waals surface area contributed by atoms with Gasteiger partial charge >= 0.3 is 0 Å². The number of amides is 1. The summed E-state index contributed by atoms with van der Waals surface area (Å²) in [5.41, 5.74) is 2.31. The number of nitrogens with zero attached hydrogens (tertiary/aromatic N) is 4. The molecule has 1 N–H and O–H groups in total. The molecular weight excluding hydrogens is 381 g/mol. The third-order valence-electron chi connectivity index (χ3n) is 5.26. The number of aromatic nitrogens is 3. The summed E-state index contributed by atoms with van der Waals surface area (Å²) in [5, 5.41) is 3.19. The van der Waals surface area contributed by atoms with Gasteiger partial charge in [-0.3, -0.25) is 9.78 Å². The van der Waals surface area contributed by atoms with Crippen molar-refractivity contribution in [1.29, 1.82) is 0 Å². The lowest BCUT2D eigenvalue weighted by molar-refractivity contribution is -0.132.